The molecule has 5 heteroatoms. The van der Waals surface area contributed by atoms with E-state index in [1.807, 2.05) is 31.2 Å². The molecule has 1 aromatic heterocycles. The molecular formula is C14H18N4O. The number of nitrogens with zero attached hydrogens (tertiary/aromatic N) is 2. The highest BCUT2D eigenvalue weighted by molar-refractivity contribution is 6.01. The van der Waals surface area contributed by atoms with Gasteiger partial charge >= 0.3 is 0 Å². The first-order valence-electron chi connectivity index (χ1n) is 6.54. The first-order valence-corrected chi connectivity index (χ1v) is 6.54. The molecule has 0 fully saturated rings. The normalized spacial score (nSPS) is 10.4. The predicted molar refractivity (Wildman–Crippen MR) is 74.2 cm³/mol. The largest absolute Gasteiger partial charge is 0.319 e. The molecule has 0 radical (unpaired) electrons. The number of amides is 1. The van der Waals surface area contributed by atoms with Gasteiger partial charge in [0.2, 0.25) is 5.82 Å². The molecule has 0 saturated carbocycles. The molecule has 2 N–H and O–H groups in total. The topological polar surface area (TPSA) is 70.7 Å². The fourth-order valence-corrected chi connectivity index (χ4v) is 1.79. The third-order valence-electron chi connectivity index (χ3n) is 2.82. The van der Waals surface area contributed by atoms with E-state index < -0.39 is 0 Å². The van der Waals surface area contributed by atoms with Crippen LogP contribution in [0.15, 0.2) is 24.3 Å². The van der Waals surface area contributed by atoms with Crippen LogP contribution in [0.1, 0.15) is 42.3 Å². The van der Waals surface area contributed by atoms with E-state index >= 15 is 0 Å². The Kier molecular flexibility index (Phi) is 4.28. The Hall–Kier alpha value is -2.17. The molecule has 5 nitrogen and oxygen atoms in total. The van der Waals surface area contributed by atoms with Crippen molar-refractivity contribution < 1.29 is 4.79 Å². The quantitative estimate of drug-likeness (QED) is 0.865. The van der Waals surface area contributed by atoms with E-state index in [-0.39, 0.29) is 11.7 Å². The van der Waals surface area contributed by atoms with Gasteiger partial charge in [-0.25, -0.2) is 4.98 Å². The molecule has 0 atom stereocenters. The van der Waals surface area contributed by atoms with Crippen molar-refractivity contribution in [1.82, 2.24) is 15.2 Å². The summed E-state index contributed by atoms with van der Waals surface area (Å²) < 4.78 is 0. The summed E-state index contributed by atoms with van der Waals surface area (Å²) in [5.41, 5.74) is 2.03. The molecule has 0 aliphatic heterocycles. The maximum absolute atomic E-state index is 11.9. The number of nitrogens with one attached hydrogen (secondary N) is 2. The number of hydrogen-bond acceptors (Lipinski definition) is 3. The molecule has 1 heterocycles. The maximum atomic E-state index is 11.9. The summed E-state index contributed by atoms with van der Waals surface area (Å²) in [6.07, 6.45) is 2.89. The maximum Gasteiger partial charge on any atom is 0.295 e. The summed E-state index contributed by atoms with van der Waals surface area (Å²) in [5.74, 6) is 0.595. The fraction of sp³-hybridized carbons (Fsp3) is 0.357. The lowest BCUT2D eigenvalue weighted by molar-refractivity contribution is 0.101. The Morgan fingerprint density at radius 3 is 2.58 bits per heavy atom. The number of rotatable bonds is 5. The molecule has 0 saturated heterocycles. The Labute approximate surface area is 112 Å². The van der Waals surface area contributed by atoms with Gasteiger partial charge in [0, 0.05) is 12.1 Å². The third-order valence-corrected chi connectivity index (χ3v) is 2.82. The molecule has 2 aromatic rings. The van der Waals surface area contributed by atoms with Gasteiger partial charge in [-0.3, -0.25) is 9.89 Å². The van der Waals surface area contributed by atoms with Crippen LogP contribution in [0.5, 0.6) is 0 Å². The van der Waals surface area contributed by atoms with Crippen molar-refractivity contribution in [2.75, 3.05) is 5.32 Å². The van der Waals surface area contributed by atoms with Gasteiger partial charge in [-0.15, -0.1) is 5.10 Å². The molecule has 0 bridgehead atoms. The van der Waals surface area contributed by atoms with Crippen LogP contribution in [0.3, 0.4) is 0 Å². The Bertz CT molecular complexity index is 545. The minimum absolute atomic E-state index is 0.175. The van der Waals surface area contributed by atoms with Crippen molar-refractivity contribution in [3.05, 3.63) is 41.5 Å². The number of benzene rings is 1. The highest BCUT2D eigenvalue weighted by Crippen LogP contribution is 2.11. The average Bonchev–Trinajstić information content (AvgIpc) is 2.90. The number of H-pyrrole nitrogens is 1. The zero-order valence-electron chi connectivity index (χ0n) is 11.2. The SMILES string of the molecule is CCCc1ccc(NC(=O)c2n[nH]c(CC)n2)cc1. The summed E-state index contributed by atoms with van der Waals surface area (Å²) in [5, 5.41) is 9.39. The lowest BCUT2D eigenvalue weighted by Crippen LogP contribution is -2.13. The van der Waals surface area contributed by atoms with Crippen LogP contribution in [0.2, 0.25) is 0 Å². The van der Waals surface area contributed by atoms with Gasteiger partial charge in [0.25, 0.3) is 5.91 Å². The van der Waals surface area contributed by atoms with Crippen molar-refractivity contribution in [2.45, 2.75) is 33.1 Å². The van der Waals surface area contributed by atoms with E-state index in [9.17, 15) is 4.79 Å². The van der Waals surface area contributed by atoms with Crippen LogP contribution in [0.25, 0.3) is 0 Å². The summed E-state index contributed by atoms with van der Waals surface area (Å²) in [6.45, 7) is 4.10. The van der Waals surface area contributed by atoms with Crippen LogP contribution in [-0.2, 0) is 12.8 Å². The fourth-order valence-electron chi connectivity index (χ4n) is 1.79. The van der Waals surface area contributed by atoms with E-state index in [1.54, 1.807) is 0 Å². The van der Waals surface area contributed by atoms with Crippen molar-refractivity contribution in [3.63, 3.8) is 0 Å². The highest BCUT2D eigenvalue weighted by atomic mass is 16.2. The second kappa shape index (κ2) is 6.13. The summed E-state index contributed by atoms with van der Waals surface area (Å²) in [4.78, 5) is 16.0. The smallest absolute Gasteiger partial charge is 0.295 e. The molecule has 2 rings (SSSR count). The molecular weight excluding hydrogens is 240 g/mol. The van der Waals surface area contributed by atoms with E-state index in [2.05, 4.69) is 27.4 Å². The lowest BCUT2D eigenvalue weighted by Gasteiger charge is -2.04. The van der Waals surface area contributed by atoms with Gasteiger partial charge < -0.3 is 5.32 Å². The number of carbonyl (C=O) groups excluding carboxylic acids is 1. The number of hydrogen-bond donors (Lipinski definition) is 2. The van der Waals surface area contributed by atoms with E-state index in [4.69, 9.17) is 0 Å². The minimum Gasteiger partial charge on any atom is -0.319 e. The van der Waals surface area contributed by atoms with Crippen molar-refractivity contribution in [3.8, 4) is 0 Å². The summed E-state index contributed by atoms with van der Waals surface area (Å²) >= 11 is 0. The van der Waals surface area contributed by atoms with E-state index in [1.165, 1.54) is 5.56 Å². The van der Waals surface area contributed by atoms with Crippen molar-refractivity contribution >= 4 is 11.6 Å². The molecule has 19 heavy (non-hydrogen) atoms. The Morgan fingerprint density at radius 1 is 1.26 bits per heavy atom. The Balaban J connectivity index is 2.01. The number of carbonyl (C=O) groups is 1. The Morgan fingerprint density at radius 2 is 2.00 bits per heavy atom. The van der Waals surface area contributed by atoms with Gasteiger partial charge in [0.05, 0.1) is 0 Å². The monoisotopic (exact) mass is 258 g/mol. The standard InChI is InChI=1S/C14H18N4O/c1-3-5-10-6-8-11(9-7-10)15-14(19)13-16-12(4-2)17-18-13/h6-9H,3-5H2,1-2H3,(H,15,19)(H,16,17,18). The van der Waals surface area contributed by atoms with Crippen LogP contribution >= 0.6 is 0 Å². The van der Waals surface area contributed by atoms with Crippen molar-refractivity contribution in [1.29, 1.82) is 0 Å². The molecule has 0 spiro atoms. The predicted octanol–water partition coefficient (Wildman–Crippen LogP) is 2.57. The lowest BCUT2D eigenvalue weighted by atomic mass is 10.1. The van der Waals surface area contributed by atoms with Gasteiger partial charge in [-0.05, 0) is 24.1 Å². The first-order chi connectivity index (χ1) is 9.22. The molecule has 0 aliphatic rings. The molecule has 100 valence electrons. The van der Waals surface area contributed by atoms with Crippen LogP contribution in [-0.4, -0.2) is 21.1 Å². The minimum atomic E-state index is -0.292. The van der Waals surface area contributed by atoms with Gasteiger partial charge in [-0.1, -0.05) is 32.4 Å². The van der Waals surface area contributed by atoms with Gasteiger partial charge in [0.1, 0.15) is 5.82 Å². The average molecular weight is 258 g/mol. The van der Waals surface area contributed by atoms with Crippen LogP contribution in [0, 0.1) is 0 Å². The summed E-state index contributed by atoms with van der Waals surface area (Å²) in [6, 6.07) is 7.84. The van der Waals surface area contributed by atoms with Gasteiger partial charge in [-0.2, -0.15) is 0 Å². The molecule has 0 unspecified atom stereocenters. The molecule has 1 aromatic carbocycles. The number of aromatic nitrogens is 3. The van der Waals surface area contributed by atoms with E-state index in [0.29, 0.717) is 5.82 Å². The number of anilines is 1. The number of aryl methyl sites for hydroxylation is 2. The van der Waals surface area contributed by atoms with Crippen molar-refractivity contribution in [2.24, 2.45) is 0 Å². The highest BCUT2D eigenvalue weighted by Gasteiger charge is 2.11. The first kappa shape index (κ1) is 13.3. The van der Waals surface area contributed by atoms with Crippen LogP contribution < -0.4 is 5.32 Å². The van der Waals surface area contributed by atoms with E-state index in [0.717, 1.165) is 24.9 Å². The third kappa shape index (κ3) is 3.40. The van der Waals surface area contributed by atoms with Gasteiger partial charge in [0.15, 0.2) is 0 Å². The molecule has 1 amide bonds. The second-order valence-electron chi connectivity index (χ2n) is 4.36. The zero-order valence-corrected chi connectivity index (χ0v) is 11.2. The molecule has 0 aliphatic carbocycles. The summed E-state index contributed by atoms with van der Waals surface area (Å²) in [7, 11) is 0. The zero-order chi connectivity index (χ0) is 13.7. The second-order valence-corrected chi connectivity index (χ2v) is 4.36. The number of aromatic amines is 1. The van der Waals surface area contributed by atoms with Crippen LogP contribution in [0.4, 0.5) is 5.69 Å².